The van der Waals surface area contributed by atoms with Crippen molar-refractivity contribution in [3.05, 3.63) is 22.2 Å². The molecule has 0 aromatic heterocycles. The lowest BCUT2D eigenvalue weighted by atomic mass is 9.99. The molecule has 0 atom stereocenters. The van der Waals surface area contributed by atoms with Gasteiger partial charge in [-0.1, -0.05) is 6.92 Å². The molecule has 1 aliphatic heterocycles. The quantitative estimate of drug-likeness (QED) is 0.712. The van der Waals surface area contributed by atoms with Crippen molar-refractivity contribution >= 4 is 27.8 Å². The van der Waals surface area contributed by atoms with E-state index in [1.165, 1.54) is 14.2 Å². The van der Waals surface area contributed by atoms with Gasteiger partial charge in [0.05, 0.1) is 19.8 Å². The predicted molar refractivity (Wildman–Crippen MR) is 92.5 cm³/mol. The van der Waals surface area contributed by atoms with Crippen molar-refractivity contribution in [3.63, 3.8) is 0 Å². The highest BCUT2D eigenvalue weighted by atomic mass is 79.9. The van der Waals surface area contributed by atoms with E-state index in [0.717, 1.165) is 25.9 Å². The Labute approximate surface area is 150 Å². The molecule has 132 valence electrons. The molecule has 0 spiro atoms. The fourth-order valence-corrected chi connectivity index (χ4v) is 3.10. The summed E-state index contributed by atoms with van der Waals surface area (Å²) >= 11 is 3.34. The predicted octanol–water partition coefficient (Wildman–Crippen LogP) is 2.88. The molecule has 2 rings (SSSR count). The summed E-state index contributed by atoms with van der Waals surface area (Å²) in [7, 11) is 2.99. The molecule has 0 saturated carbocycles. The second kappa shape index (κ2) is 8.37. The number of nitrogens with zero attached hydrogens (tertiary/aromatic N) is 1. The van der Waals surface area contributed by atoms with E-state index in [0.29, 0.717) is 21.9 Å². The molecule has 1 aromatic carbocycles. The van der Waals surface area contributed by atoms with Crippen LogP contribution in [0.1, 0.15) is 30.1 Å². The number of hydrogen-bond donors (Lipinski definition) is 0. The Morgan fingerprint density at radius 2 is 1.71 bits per heavy atom. The van der Waals surface area contributed by atoms with Crippen molar-refractivity contribution in [2.75, 3.05) is 33.9 Å². The van der Waals surface area contributed by atoms with Crippen molar-refractivity contribution in [1.29, 1.82) is 0 Å². The molecule has 1 saturated heterocycles. The van der Waals surface area contributed by atoms with Crippen LogP contribution in [0.2, 0.25) is 0 Å². The number of rotatable bonds is 5. The van der Waals surface area contributed by atoms with Gasteiger partial charge >= 0.3 is 5.97 Å². The summed E-state index contributed by atoms with van der Waals surface area (Å²) in [6, 6.07) is 3.09. The molecule has 0 N–H and O–H groups in total. The number of likely N-dealkylation sites (tertiary alicyclic amines) is 1. The minimum Gasteiger partial charge on any atom is -0.495 e. The molecule has 1 fully saturated rings. The summed E-state index contributed by atoms with van der Waals surface area (Å²) in [4.78, 5) is 26.1. The number of carbonyl (C=O) groups excluding carboxylic acids is 2. The Kier molecular flexibility index (Phi) is 6.48. The smallest absolute Gasteiger partial charge is 0.338 e. The van der Waals surface area contributed by atoms with Gasteiger partial charge in [-0.15, -0.1) is 0 Å². The van der Waals surface area contributed by atoms with Crippen LogP contribution in [0.4, 0.5) is 0 Å². The lowest BCUT2D eigenvalue weighted by Crippen LogP contribution is -2.40. The average Bonchev–Trinajstić information content (AvgIpc) is 2.60. The SMILES string of the molecule is COc1cc(C(=O)OCC(=O)N2CCC(C)CC2)cc(OC)c1Br. The van der Waals surface area contributed by atoms with Crippen LogP contribution in [0.15, 0.2) is 16.6 Å². The van der Waals surface area contributed by atoms with Gasteiger partial charge in [0, 0.05) is 13.1 Å². The molecule has 0 aliphatic carbocycles. The number of ether oxygens (including phenoxy) is 3. The first-order valence-corrected chi connectivity index (χ1v) is 8.62. The van der Waals surface area contributed by atoms with Gasteiger partial charge in [0.1, 0.15) is 16.0 Å². The van der Waals surface area contributed by atoms with Gasteiger partial charge in [0.2, 0.25) is 0 Å². The van der Waals surface area contributed by atoms with E-state index >= 15 is 0 Å². The van der Waals surface area contributed by atoms with Gasteiger partial charge in [-0.25, -0.2) is 4.79 Å². The number of benzene rings is 1. The molecule has 6 nitrogen and oxygen atoms in total. The molecule has 0 unspecified atom stereocenters. The maximum atomic E-state index is 12.2. The lowest BCUT2D eigenvalue weighted by Gasteiger charge is -2.30. The summed E-state index contributed by atoms with van der Waals surface area (Å²) in [5.74, 6) is 0.804. The van der Waals surface area contributed by atoms with Crippen LogP contribution in [-0.2, 0) is 9.53 Å². The third kappa shape index (κ3) is 4.41. The maximum absolute atomic E-state index is 12.2. The van der Waals surface area contributed by atoms with Crippen molar-refractivity contribution in [2.45, 2.75) is 19.8 Å². The van der Waals surface area contributed by atoms with E-state index in [9.17, 15) is 9.59 Å². The van der Waals surface area contributed by atoms with E-state index in [1.54, 1.807) is 17.0 Å². The highest BCUT2D eigenvalue weighted by Gasteiger charge is 2.22. The van der Waals surface area contributed by atoms with Crippen LogP contribution in [0, 0.1) is 5.92 Å². The van der Waals surface area contributed by atoms with Crippen molar-refractivity contribution in [2.24, 2.45) is 5.92 Å². The van der Waals surface area contributed by atoms with Gasteiger partial charge in [-0.05, 0) is 46.8 Å². The molecule has 1 amide bonds. The number of piperidine rings is 1. The molecule has 24 heavy (non-hydrogen) atoms. The minimum absolute atomic E-state index is 0.161. The second-order valence-corrected chi connectivity index (χ2v) is 6.63. The van der Waals surface area contributed by atoms with Crippen molar-refractivity contribution in [1.82, 2.24) is 4.90 Å². The highest BCUT2D eigenvalue weighted by molar-refractivity contribution is 9.10. The van der Waals surface area contributed by atoms with Crippen LogP contribution in [0.5, 0.6) is 11.5 Å². The zero-order chi connectivity index (χ0) is 17.7. The summed E-state index contributed by atoms with van der Waals surface area (Å²) in [6.07, 6.45) is 1.97. The number of amides is 1. The van der Waals surface area contributed by atoms with Gasteiger partial charge < -0.3 is 19.1 Å². The number of carbonyl (C=O) groups is 2. The Balaban J connectivity index is 1.98. The summed E-state index contributed by atoms with van der Waals surface area (Å²) in [5.41, 5.74) is 0.270. The fourth-order valence-electron chi connectivity index (χ4n) is 2.55. The number of methoxy groups -OCH3 is 2. The molecule has 7 heteroatoms. The third-order valence-electron chi connectivity index (χ3n) is 4.14. The monoisotopic (exact) mass is 399 g/mol. The first kappa shape index (κ1) is 18.6. The van der Waals surface area contributed by atoms with E-state index in [4.69, 9.17) is 14.2 Å². The van der Waals surface area contributed by atoms with E-state index in [-0.39, 0.29) is 18.1 Å². The second-order valence-electron chi connectivity index (χ2n) is 5.83. The van der Waals surface area contributed by atoms with E-state index in [1.807, 2.05) is 0 Å². The van der Waals surface area contributed by atoms with Crippen molar-refractivity contribution in [3.8, 4) is 11.5 Å². The van der Waals surface area contributed by atoms with Gasteiger partial charge in [0.15, 0.2) is 6.61 Å². The summed E-state index contributed by atoms with van der Waals surface area (Å²) in [6.45, 7) is 3.36. The molecule has 0 bridgehead atoms. The topological polar surface area (TPSA) is 65.1 Å². The molecular formula is C17H22BrNO5. The van der Waals surface area contributed by atoms with Gasteiger partial charge in [0.25, 0.3) is 5.91 Å². The highest BCUT2D eigenvalue weighted by Crippen LogP contribution is 2.35. The Hall–Kier alpha value is -1.76. The van der Waals surface area contributed by atoms with E-state index in [2.05, 4.69) is 22.9 Å². The first-order valence-electron chi connectivity index (χ1n) is 7.82. The lowest BCUT2D eigenvalue weighted by molar-refractivity contribution is -0.135. The van der Waals surface area contributed by atoms with E-state index < -0.39 is 5.97 Å². The van der Waals surface area contributed by atoms with Crippen LogP contribution >= 0.6 is 15.9 Å². The van der Waals surface area contributed by atoms with Gasteiger partial charge in [-0.2, -0.15) is 0 Å². The zero-order valence-corrected chi connectivity index (χ0v) is 15.7. The van der Waals surface area contributed by atoms with Crippen LogP contribution in [-0.4, -0.2) is 50.7 Å². The average molecular weight is 400 g/mol. The number of hydrogen-bond acceptors (Lipinski definition) is 5. The summed E-state index contributed by atoms with van der Waals surface area (Å²) in [5, 5.41) is 0. The molecule has 1 aromatic rings. The summed E-state index contributed by atoms with van der Waals surface area (Å²) < 4.78 is 16.2. The molecule has 0 radical (unpaired) electrons. The third-order valence-corrected chi connectivity index (χ3v) is 4.93. The molecule has 1 heterocycles. The molecular weight excluding hydrogens is 378 g/mol. The Bertz CT molecular complexity index is 586. The Morgan fingerprint density at radius 3 is 2.21 bits per heavy atom. The standard InChI is InChI=1S/C17H22BrNO5/c1-11-4-6-19(7-5-11)15(20)10-24-17(21)12-8-13(22-2)16(18)14(9-12)23-3/h8-9,11H,4-7,10H2,1-3H3. The molecule has 1 aliphatic rings. The first-order chi connectivity index (χ1) is 11.5. The zero-order valence-electron chi connectivity index (χ0n) is 14.1. The van der Waals surface area contributed by atoms with Gasteiger partial charge in [-0.3, -0.25) is 4.79 Å². The Morgan fingerprint density at radius 1 is 1.17 bits per heavy atom. The van der Waals surface area contributed by atoms with Crippen LogP contribution in [0.25, 0.3) is 0 Å². The van der Waals surface area contributed by atoms with Crippen LogP contribution < -0.4 is 9.47 Å². The number of esters is 1. The van der Waals surface area contributed by atoms with Crippen molar-refractivity contribution < 1.29 is 23.8 Å². The number of halogens is 1. The fraction of sp³-hybridized carbons (Fsp3) is 0.529. The largest absolute Gasteiger partial charge is 0.495 e. The normalized spacial score (nSPS) is 15.1. The van der Waals surface area contributed by atoms with Crippen LogP contribution in [0.3, 0.4) is 0 Å². The minimum atomic E-state index is -0.585. The maximum Gasteiger partial charge on any atom is 0.338 e.